The minimum Gasteiger partial charge on any atom is -0.493 e. The van der Waals surface area contributed by atoms with E-state index in [2.05, 4.69) is 4.90 Å². The maximum atomic E-state index is 13.0. The predicted molar refractivity (Wildman–Crippen MR) is 110 cm³/mol. The van der Waals surface area contributed by atoms with E-state index in [9.17, 15) is 4.79 Å². The fourth-order valence-electron chi connectivity index (χ4n) is 4.14. The molecule has 1 aliphatic heterocycles. The molecule has 29 heavy (non-hydrogen) atoms. The first-order valence-electron chi connectivity index (χ1n) is 9.79. The molecule has 0 amide bonds. The number of rotatable bonds is 4. The minimum absolute atomic E-state index is 0.362. The Labute approximate surface area is 168 Å². The molecule has 1 aliphatic carbocycles. The van der Waals surface area contributed by atoms with Crippen molar-refractivity contribution in [1.82, 2.24) is 4.90 Å². The van der Waals surface area contributed by atoms with Crippen molar-refractivity contribution in [1.29, 1.82) is 0 Å². The van der Waals surface area contributed by atoms with E-state index < -0.39 is 0 Å². The van der Waals surface area contributed by atoms with Crippen LogP contribution in [0.2, 0.25) is 0 Å². The summed E-state index contributed by atoms with van der Waals surface area (Å²) in [6.07, 6.45) is 2.41. The maximum absolute atomic E-state index is 13.0. The van der Waals surface area contributed by atoms with Crippen LogP contribution in [0.15, 0.2) is 39.5 Å². The molecule has 0 unspecified atom stereocenters. The molecule has 1 saturated carbocycles. The van der Waals surface area contributed by atoms with Crippen LogP contribution in [-0.2, 0) is 6.54 Å². The van der Waals surface area contributed by atoms with Gasteiger partial charge in [-0.2, -0.15) is 0 Å². The topological polar surface area (TPSA) is 61.1 Å². The molecule has 0 saturated heterocycles. The van der Waals surface area contributed by atoms with Gasteiger partial charge in [0, 0.05) is 18.0 Å². The van der Waals surface area contributed by atoms with Crippen LogP contribution < -0.4 is 19.8 Å². The SMILES string of the molecule is COc1ccc(-c2c(C)c3ccc4c(c3oc2=O)CN(C2CC2)CO4)cc1OC. The zero-order chi connectivity index (χ0) is 20.1. The molecule has 5 rings (SSSR count). The molecule has 2 heterocycles. The monoisotopic (exact) mass is 393 g/mol. The molecule has 1 fully saturated rings. The minimum atomic E-state index is -0.362. The second-order valence-electron chi connectivity index (χ2n) is 7.63. The van der Waals surface area contributed by atoms with Crippen LogP contribution in [-0.4, -0.2) is 31.9 Å². The highest BCUT2D eigenvalue weighted by molar-refractivity contribution is 5.90. The van der Waals surface area contributed by atoms with E-state index >= 15 is 0 Å². The van der Waals surface area contributed by atoms with Gasteiger partial charge in [-0.25, -0.2) is 4.79 Å². The average molecular weight is 393 g/mol. The zero-order valence-electron chi connectivity index (χ0n) is 16.8. The molecule has 0 bridgehead atoms. The van der Waals surface area contributed by atoms with Crippen molar-refractivity contribution in [2.75, 3.05) is 21.0 Å². The van der Waals surface area contributed by atoms with E-state index in [0.717, 1.165) is 34.4 Å². The van der Waals surface area contributed by atoms with E-state index in [1.807, 2.05) is 25.1 Å². The van der Waals surface area contributed by atoms with Gasteiger partial charge in [-0.15, -0.1) is 0 Å². The first-order chi connectivity index (χ1) is 14.1. The molecule has 6 heteroatoms. The van der Waals surface area contributed by atoms with Crippen LogP contribution in [0, 0.1) is 6.92 Å². The molecule has 150 valence electrons. The molecule has 1 aromatic heterocycles. The maximum Gasteiger partial charge on any atom is 0.344 e. The smallest absolute Gasteiger partial charge is 0.344 e. The fraction of sp³-hybridized carbons (Fsp3) is 0.348. The Balaban J connectivity index is 1.67. The summed E-state index contributed by atoms with van der Waals surface area (Å²) in [6.45, 7) is 3.30. The number of ether oxygens (including phenoxy) is 3. The van der Waals surface area contributed by atoms with Crippen LogP contribution >= 0.6 is 0 Å². The van der Waals surface area contributed by atoms with Crippen LogP contribution in [0.5, 0.6) is 17.2 Å². The summed E-state index contributed by atoms with van der Waals surface area (Å²) in [5.74, 6) is 1.99. The van der Waals surface area contributed by atoms with Crippen molar-refractivity contribution in [2.45, 2.75) is 32.4 Å². The lowest BCUT2D eigenvalue weighted by Gasteiger charge is -2.29. The van der Waals surface area contributed by atoms with Crippen molar-refractivity contribution in [3.63, 3.8) is 0 Å². The van der Waals surface area contributed by atoms with Crippen molar-refractivity contribution in [3.8, 4) is 28.4 Å². The molecule has 0 atom stereocenters. The summed E-state index contributed by atoms with van der Waals surface area (Å²) in [6, 6.07) is 9.99. The number of hydrogen-bond donors (Lipinski definition) is 0. The molecular weight excluding hydrogens is 370 g/mol. The Kier molecular flexibility index (Phi) is 4.24. The highest BCUT2D eigenvalue weighted by Crippen LogP contribution is 2.39. The Morgan fingerprint density at radius 3 is 2.59 bits per heavy atom. The standard InChI is InChI=1S/C23H23NO5/c1-13-16-7-9-18-17(11-24(12-28-18)15-5-6-15)22(16)29-23(25)21(13)14-4-8-19(26-2)20(10-14)27-3/h4,7-10,15H,5-6,11-12H2,1-3H3. The first kappa shape index (κ1) is 18.1. The van der Waals surface area contributed by atoms with E-state index in [-0.39, 0.29) is 5.63 Å². The number of aryl methyl sites for hydroxylation is 1. The summed E-state index contributed by atoms with van der Waals surface area (Å²) >= 11 is 0. The molecular formula is C23H23NO5. The fourth-order valence-corrected chi connectivity index (χ4v) is 4.14. The molecule has 0 N–H and O–H groups in total. The van der Waals surface area contributed by atoms with Gasteiger partial charge in [0.25, 0.3) is 0 Å². The van der Waals surface area contributed by atoms with Gasteiger partial charge in [0.05, 0.1) is 25.3 Å². The molecule has 0 radical (unpaired) electrons. The number of nitrogens with zero attached hydrogens (tertiary/aromatic N) is 1. The lowest BCUT2D eigenvalue weighted by molar-refractivity contribution is 0.0885. The van der Waals surface area contributed by atoms with Crippen LogP contribution in [0.3, 0.4) is 0 Å². The lowest BCUT2D eigenvalue weighted by atomic mass is 9.97. The normalized spacial score (nSPS) is 16.4. The van der Waals surface area contributed by atoms with Gasteiger partial charge in [-0.05, 0) is 55.2 Å². The third-order valence-corrected chi connectivity index (χ3v) is 5.88. The number of hydrogen-bond acceptors (Lipinski definition) is 6. The van der Waals surface area contributed by atoms with Crippen LogP contribution in [0.25, 0.3) is 22.1 Å². The van der Waals surface area contributed by atoms with Crippen molar-refractivity contribution >= 4 is 11.0 Å². The Morgan fingerprint density at radius 1 is 1.07 bits per heavy atom. The number of methoxy groups -OCH3 is 2. The van der Waals surface area contributed by atoms with Gasteiger partial charge in [-0.1, -0.05) is 6.07 Å². The summed E-state index contributed by atoms with van der Waals surface area (Å²) in [5.41, 5.74) is 3.38. The van der Waals surface area contributed by atoms with Crippen LogP contribution in [0.4, 0.5) is 0 Å². The van der Waals surface area contributed by atoms with Gasteiger partial charge < -0.3 is 18.6 Å². The highest BCUT2D eigenvalue weighted by Gasteiger charge is 2.33. The quantitative estimate of drug-likeness (QED) is 0.622. The molecule has 2 aliphatic rings. The predicted octanol–water partition coefficient (Wildman–Crippen LogP) is 4.10. The average Bonchev–Trinajstić information content (AvgIpc) is 3.58. The van der Waals surface area contributed by atoms with E-state index in [1.54, 1.807) is 26.4 Å². The number of benzene rings is 2. The Morgan fingerprint density at radius 2 is 1.86 bits per heavy atom. The van der Waals surface area contributed by atoms with Gasteiger partial charge in [0.1, 0.15) is 18.1 Å². The largest absolute Gasteiger partial charge is 0.493 e. The first-order valence-corrected chi connectivity index (χ1v) is 9.79. The van der Waals surface area contributed by atoms with Crippen LogP contribution in [0.1, 0.15) is 24.0 Å². The Bertz CT molecular complexity index is 1160. The van der Waals surface area contributed by atoms with Crippen molar-refractivity contribution in [2.24, 2.45) is 0 Å². The molecule has 0 spiro atoms. The van der Waals surface area contributed by atoms with Gasteiger partial charge in [0.15, 0.2) is 11.5 Å². The number of fused-ring (bicyclic) bond motifs is 3. The lowest BCUT2D eigenvalue weighted by Crippen LogP contribution is -2.33. The van der Waals surface area contributed by atoms with E-state index in [4.69, 9.17) is 18.6 Å². The summed E-state index contributed by atoms with van der Waals surface area (Å²) in [5, 5.41) is 0.925. The summed E-state index contributed by atoms with van der Waals surface area (Å²) in [7, 11) is 3.17. The van der Waals surface area contributed by atoms with Crippen molar-refractivity contribution in [3.05, 3.63) is 51.9 Å². The zero-order valence-corrected chi connectivity index (χ0v) is 16.8. The third kappa shape index (κ3) is 2.95. The highest BCUT2D eigenvalue weighted by atomic mass is 16.5. The second-order valence-corrected chi connectivity index (χ2v) is 7.63. The third-order valence-electron chi connectivity index (χ3n) is 5.88. The van der Waals surface area contributed by atoms with Gasteiger partial charge in [-0.3, -0.25) is 4.90 Å². The van der Waals surface area contributed by atoms with Crippen molar-refractivity contribution < 1.29 is 18.6 Å². The molecule has 3 aromatic rings. The second kappa shape index (κ2) is 6.81. The summed E-state index contributed by atoms with van der Waals surface area (Å²) < 4.78 is 22.5. The molecule has 6 nitrogen and oxygen atoms in total. The summed E-state index contributed by atoms with van der Waals surface area (Å²) in [4.78, 5) is 15.3. The Hall–Kier alpha value is -2.99. The van der Waals surface area contributed by atoms with Gasteiger partial charge >= 0.3 is 5.63 Å². The van der Waals surface area contributed by atoms with Gasteiger partial charge in [0.2, 0.25) is 0 Å². The molecule has 2 aromatic carbocycles. The van der Waals surface area contributed by atoms with E-state index in [0.29, 0.717) is 35.4 Å². The van der Waals surface area contributed by atoms with E-state index in [1.165, 1.54) is 12.8 Å².